The molecule has 1 aromatic heterocycles. The second kappa shape index (κ2) is 12.0. The molecule has 12 heteroatoms. The number of carboxylic acid groups (broad SMARTS) is 1. The van der Waals surface area contributed by atoms with Crippen LogP contribution >= 0.6 is 0 Å². The standard InChI is InChI=1S/C26H31FN4O7/c1-5-38-16(9-22(33)31(4)21(12-32)26(36)37)11-28-25(35)23-13(2)20(29-14(23)3)10-18-17-8-15(27)6-7-19(17)30-24(18)34/h6-8,10,16,21,29,32H,5,9,11-12H2,1-4H3,(H,28,35)(H,30,34)(H,36,37)/b18-10-. The van der Waals surface area contributed by atoms with E-state index in [2.05, 4.69) is 15.6 Å². The molecule has 0 aliphatic carbocycles. The predicted molar refractivity (Wildman–Crippen MR) is 137 cm³/mol. The van der Waals surface area contributed by atoms with Gasteiger partial charge in [-0.25, -0.2) is 9.18 Å². The van der Waals surface area contributed by atoms with Gasteiger partial charge in [0.25, 0.3) is 11.8 Å². The maximum Gasteiger partial charge on any atom is 0.328 e. The molecule has 0 spiro atoms. The van der Waals surface area contributed by atoms with Gasteiger partial charge in [0.15, 0.2) is 6.04 Å². The SMILES string of the molecule is CCOC(CNC(=O)c1c(C)[nH]c(/C=C2\C(=O)Nc3ccc(F)cc32)c1C)CC(=O)N(C)C(CO)C(=O)O. The molecular weight excluding hydrogens is 499 g/mol. The van der Waals surface area contributed by atoms with Gasteiger partial charge in [-0.05, 0) is 50.6 Å². The number of halogens is 1. The monoisotopic (exact) mass is 530 g/mol. The lowest BCUT2D eigenvalue weighted by molar-refractivity contribution is -0.151. The zero-order valence-electron chi connectivity index (χ0n) is 21.6. The number of carboxylic acids is 1. The van der Waals surface area contributed by atoms with E-state index < -0.39 is 42.4 Å². The molecule has 2 unspecified atom stereocenters. The van der Waals surface area contributed by atoms with Gasteiger partial charge in [0.2, 0.25) is 5.91 Å². The number of nitrogens with zero attached hydrogens (tertiary/aromatic N) is 1. The lowest BCUT2D eigenvalue weighted by Gasteiger charge is -2.25. The first-order valence-electron chi connectivity index (χ1n) is 12.0. The van der Waals surface area contributed by atoms with Crippen LogP contribution in [0.1, 0.15) is 46.2 Å². The van der Waals surface area contributed by atoms with Gasteiger partial charge in [0.05, 0.1) is 30.3 Å². The van der Waals surface area contributed by atoms with Crippen LogP contribution in [0, 0.1) is 19.7 Å². The predicted octanol–water partition coefficient (Wildman–Crippen LogP) is 1.69. The van der Waals surface area contributed by atoms with Crippen LogP contribution in [0.15, 0.2) is 18.2 Å². The molecule has 0 radical (unpaired) electrons. The molecule has 2 heterocycles. The number of carbonyl (C=O) groups is 4. The van der Waals surface area contributed by atoms with E-state index in [-0.39, 0.29) is 31.1 Å². The first kappa shape index (κ1) is 28.5. The quantitative estimate of drug-likeness (QED) is 0.276. The number of anilines is 1. The smallest absolute Gasteiger partial charge is 0.328 e. The highest BCUT2D eigenvalue weighted by molar-refractivity contribution is 6.34. The minimum absolute atomic E-state index is 0.0291. The lowest BCUT2D eigenvalue weighted by atomic mass is 10.0. The highest BCUT2D eigenvalue weighted by Crippen LogP contribution is 2.34. The number of aryl methyl sites for hydroxylation is 1. The summed E-state index contributed by atoms with van der Waals surface area (Å²) in [6.07, 6.45) is 0.626. The Balaban J connectivity index is 1.75. The maximum absolute atomic E-state index is 13.8. The fraction of sp³-hybridized carbons (Fsp3) is 0.385. The third-order valence-corrected chi connectivity index (χ3v) is 6.37. The van der Waals surface area contributed by atoms with Gasteiger partial charge in [-0.15, -0.1) is 0 Å². The molecule has 2 aromatic rings. The number of fused-ring (bicyclic) bond motifs is 1. The summed E-state index contributed by atoms with van der Waals surface area (Å²) < 4.78 is 19.3. The lowest BCUT2D eigenvalue weighted by Crippen LogP contribution is -2.46. The van der Waals surface area contributed by atoms with Crippen LogP contribution in [0.5, 0.6) is 0 Å². The van der Waals surface area contributed by atoms with Gasteiger partial charge in [-0.3, -0.25) is 14.4 Å². The van der Waals surface area contributed by atoms with Crippen molar-refractivity contribution in [3.8, 4) is 0 Å². The first-order valence-corrected chi connectivity index (χ1v) is 12.0. The van der Waals surface area contributed by atoms with E-state index in [4.69, 9.17) is 9.84 Å². The minimum Gasteiger partial charge on any atom is -0.480 e. The van der Waals surface area contributed by atoms with E-state index in [0.717, 1.165) is 4.90 Å². The number of nitrogens with one attached hydrogen (secondary N) is 3. The minimum atomic E-state index is -1.39. The number of aliphatic carboxylic acids is 1. The van der Waals surface area contributed by atoms with Gasteiger partial charge in [0, 0.05) is 42.8 Å². The molecule has 204 valence electrons. The van der Waals surface area contributed by atoms with E-state index in [9.17, 15) is 28.7 Å². The number of benzene rings is 1. The molecule has 3 amide bonds. The molecule has 11 nitrogen and oxygen atoms in total. The molecule has 1 aliphatic heterocycles. The number of aromatic amines is 1. The van der Waals surface area contributed by atoms with Crippen molar-refractivity contribution in [2.24, 2.45) is 0 Å². The molecule has 0 saturated heterocycles. The van der Waals surface area contributed by atoms with Gasteiger partial charge in [-0.1, -0.05) is 0 Å². The summed E-state index contributed by atoms with van der Waals surface area (Å²) in [6, 6.07) is 2.62. The average molecular weight is 531 g/mol. The van der Waals surface area contributed by atoms with E-state index in [0.29, 0.717) is 33.8 Å². The Morgan fingerprint density at radius 2 is 1.97 bits per heavy atom. The summed E-state index contributed by atoms with van der Waals surface area (Å²) in [5.74, 6) is -3.20. The zero-order chi connectivity index (χ0) is 28.1. The van der Waals surface area contributed by atoms with Crippen molar-refractivity contribution in [3.05, 3.63) is 52.1 Å². The van der Waals surface area contributed by atoms with Gasteiger partial charge in [-0.2, -0.15) is 0 Å². The van der Waals surface area contributed by atoms with Gasteiger partial charge < -0.3 is 35.5 Å². The summed E-state index contributed by atoms with van der Waals surface area (Å²) in [7, 11) is 1.28. The van der Waals surface area contributed by atoms with E-state index in [1.807, 2.05) is 0 Å². The highest BCUT2D eigenvalue weighted by atomic mass is 19.1. The zero-order valence-corrected chi connectivity index (χ0v) is 21.6. The number of hydrogen-bond acceptors (Lipinski definition) is 6. The Labute approximate surface area is 218 Å². The van der Waals surface area contributed by atoms with E-state index in [1.54, 1.807) is 26.8 Å². The molecule has 0 bridgehead atoms. The Kier molecular flexibility index (Phi) is 9.02. The van der Waals surface area contributed by atoms with Crippen molar-refractivity contribution < 1.29 is 38.5 Å². The van der Waals surface area contributed by atoms with Crippen molar-refractivity contribution in [3.63, 3.8) is 0 Å². The number of H-pyrrole nitrogens is 1. The molecule has 1 aromatic carbocycles. The number of aliphatic hydroxyl groups excluding tert-OH is 1. The maximum atomic E-state index is 13.8. The summed E-state index contributed by atoms with van der Waals surface area (Å²) in [4.78, 5) is 53.4. The number of likely N-dealkylation sites (N-methyl/N-ethyl adjacent to an activating group) is 1. The van der Waals surface area contributed by atoms with Crippen molar-refractivity contribution in [2.75, 3.05) is 32.1 Å². The number of aromatic nitrogens is 1. The molecular formula is C26H31FN4O7. The summed E-state index contributed by atoms with van der Waals surface area (Å²) in [6.45, 7) is 4.62. The van der Waals surface area contributed by atoms with E-state index >= 15 is 0 Å². The third-order valence-electron chi connectivity index (χ3n) is 6.37. The van der Waals surface area contributed by atoms with Gasteiger partial charge >= 0.3 is 5.97 Å². The number of rotatable bonds is 11. The molecule has 0 fully saturated rings. The fourth-order valence-electron chi connectivity index (χ4n) is 4.31. The number of aliphatic hydroxyl groups is 1. The topological polar surface area (TPSA) is 161 Å². The molecule has 1 aliphatic rings. The first-order chi connectivity index (χ1) is 18.0. The van der Waals surface area contributed by atoms with Crippen molar-refractivity contribution in [1.82, 2.24) is 15.2 Å². The molecule has 38 heavy (non-hydrogen) atoms. The molecule has 3 rings (SSSR count). The van der Waals surface area contributed by atoms with Crippen LogP contribution < -0.4 is 10.6 Å². The van der Waals surface area contributed by atoms with Crippen LogP contribution in [0.2, 0.25) is 0 Å². The van der Waals surface area contributed by atoms with Crippen molar-refractivity contribution in [2.45, 2.75) is 39.3 Å². The summed E-state index contributed by atoms with van der Waals surface area (Å²) in [5.41, 5.74) is 3.15. The number of ether oxygens (including phenoxy) is 1. The van der Waals surface area contributed by atoms with Crippen molar-refractivity contribution in [1.29, 1.82) is 0 Å². The normalized spacial score (nSPS) is 15.1. The number of carbonyl (C=O) groups excluding carboxylic acids is 3. The third kappa shape index (κ3) is 6.09. The second-order valence-electron chi connectivity index (χ2n) is 8.90. The Hall–Kier alpha value is -4.03. The number of amides is 3. The Bertz CT molecular complexity index is 1290. The Morgan fingerprint density at radius 1 is 1.26 bits per heavy atom. The molecule has 2 atom stereocenters. The average Bonchev–Trinajstić information content (AvgIpc) is 3.31. The second-order valence-corrected chi connectivity index (χ2v) is 8.90. The Morgan fingerprint density at radius 3 is 2.61 bits per heavy atom. The molecule has 0 saturated carbocycles. The molecule has 5 N–H and O–H groups in total. The van der Waals surface area contributed by atoms with Crippen LogP contribution in [-0.2, 0) is 19.1 Å². The summed E-state index contributed by atoms with van der Waals surface area (Å²) >= 11 is 0. The van der Waals surface area contributed by atoms with Crippen LogP contribution in [-0.4, -0.2) is 82.7 Å². The van der Waals surface area contributed by atoms with Crippen LogP contribution in [0.4, 0.5) is 10.1 Å². The van der Waals surface area contributed by atoms with E-state index in [1.165, 1.54) is 25.2 Å². The highest BCUT2D eigenvalue weighted by Gasteiger charge is 2.29. The van der Waals surface area contributed by atoms with Gasteiger partial charge in [0.1, 0.15) is 5.82 Å². The largest absolute Gasteiger partial charge is 0.480 e. The van der Waals surface area contributed by atoms with Crippen LogP contribution in [0.25, 0.3) is 11.6 Å². The fourth-order valence-corrected chi connectivity index (χ4v) is 4.31. The summed E-state index contributed by atoms with van der Waals surface area (Å²) in [5, 5.41) is 23.9. The van der Waals surface area contributed by atoms with Crippen molar-refractivity contribution >= 4 is 41.0 Å². The number of hydrogen-bond donors (Lipinski definition) is 5. The van der Waals surface area contributed by atoms with Crippen LogP contribution in [0.3, 0.4) is 0 Å².